The van der Waals surface area contributed by atoms with Crippen molar-refractivity contribution in [2.75, 3.05) is 13.6 Å². The zero-order chi connectivity index (χ0) is 4.99. The van der Waals surface area contributed by atoms with Crippen LogP contribution in [0.4, 0.5) is 0 Å². The highest BCUT2D eigenvalue weighted by molar-refractivity contribution is 5.85. The summed E-state index contributed by atoms with van der Waals surface area (Å²) >= 11 is 0. The Hall–Kier alpha value is 0.210. The maximum atomic E-state index is 8.49. The van der Waals surface area contributed by atoms with Gasteiger partial charge < -0.3 is 10.4 Å². The van der Waals surface area contributed by atoms with Gasteiger partial charge in [-0.05, 0) is 14.0 Å². The van der Waals surface area contributed by atoms with Gasteiger partial charge >= 0.3 is 0 Å². The lowest BCUT2D eigenvalue weighted by Crippen LogP contribution is -2.19. The summed E-state index contributed by atoms with van der Waals surface area (Å²) in [7, 11) is 1.81. The second kappa shape index (κ2) is 6.21. The molecule has 7 heavy (non-hydrogen) atoms. The monoisotopic (exact) mass is 125 g/mol. The van der Waals surface area contributed by atoms with Crippen LogP contribution in [-0.4, -0.2) is 24.8 Å². The van der Waals surface area contributed by atoms with Gasteiger partial charge in [-0.2, -0.15) is 0 Å². The molecule has 1 atom stereocenters. The number of hydrogen-bond donors (Lipinski definition) is 2. The van der Waals surface area contributed by atoms with Gasteiger partial charge in [-0.15, -0.1) is 12.4 Å². The number of hydrogen-bond acceptors (Lipinski definition) is 2. The molecule has 0 spiro atoms. The van der Waals surface area contributed by atoms with Gasteiger partial charge in [0.25, 0.3) is 0 Å². The van der Waals surface area contributed by atoms with Gasteiger partial charge in [0.05, 0.1) is 6.10 Å². The van der Waals surface area contributed by atoms with Gasteiger partial charge in [-0.3, -0.25) is 0 Å². The first kappa shape index (κ1) is 10.2. The Balaban J connectivity index is 0. The van der Waals surface area contributed by atoms with Crippen molar-refractivity contribution in [3.05, 3.63) is 0 Å². The maximum Gasteiger partial charge on any atom is 0.0636 e. The molecule has 0 saturated heterocycles. The van der Waals surface area contributed by atoms with Crippen molar-refractivity contribution < 1.29 is 5.11 Å². The van der Waals surface area contributed by atoms with E-state index in [9.17, 15) is 0 Å². The van der Waals surface area contributed by atoms with Crippen LogP contribution < -0.4 is 5.32 Å². The molecular weight excluding hydrogens is 114 g/mol. The Labute approximate surface area is 50.3 Å². The fraction of sp³-hybridized carbons (Fsp3) is 1.00. The van der Waals surface area contributed by atoms with E-state index in [0.717, 1.165) is 0 Å². The number of halogens is 1. The predicted molar refractivity (Wildman–Crippen MR) is 32.9 cm³/mol. The minimum atomic E-state index is -0.213. The SMILES string of the molecule is CNCC(C)O.Cl. The zero-order valence-corrected chi connectivity index (χ0v) is 5.46. The van der Waals surface area contributed by atoms with E-state index in [1.54, 1.807) is 6.92 Å². The number of aliphatic hydroxyl groups excluding tert-OH is 1. The number of aliphatic hydroxyl groups is 1. The highest BCUT2D eigenvalue weighted by atomic mass is 35.5. The molecule has 2 nitrogen and oxygen atoms in total. The summed E-state index contributed by atoms with van der Waals surface area (Å²) < 4.78 is 0. The smallest absolute Gasteiger partial charge is 0.0636 e. The molecule has 0 aromatic heterocycles. The molecule has 46 valence electrons. The molecule has 1 unspecified atom stereocenters. The lowest BCUT2D eigenvalue weighted by Gasteiger charge is -1.97. The zero-order valence-electron chi connectivity index (χ0n) is 4.64. The molecule has 0 bridgehead atoms. The van der Waals surface area contributed by atoms with Crippen LogP contribution in [0.5, 0.6) is 0 Å². The summed E-state index contributed by atoms with van der Waals surface area (Å²) in [6.07, 6.45) is -0.213. The van der Waals surface area contributed by atoms with E-state index in [1.807, 2.05) is 7.05 Å². The van der Waals surface area contributed by atoms with Crippen molar-refractivity contribution in [2.45, 2.75) is 13.0 Å². The molecule has 0 heterocycles. The van der Waals surface area contributed by atoms with Crippen LogP contribution in [0.15, 0.2) is 0 Å². The Kier molecular flexibility index (Phi) is 9.09. The quantitative estimate of drug-likeness (QED) is 0.545. The number of rotatable bonds is 2. The molecule has 0 radical (unpaired) electrons. The summed E-state index contributed by atoms with van der Waals surface area (Å²) in [4.78, 5) is 0. The summed E-state index contributed by atoms with van der Waals surface area (Å²) in [5.41, 5.74) is 0. The lowest BCUT2D eigenvalue weighted by molar-refractivity contribution is 0.194. The van der Waals surface area contributed by atoms with E-state index in [0.29, 0.717) is 6.54 Å². The Morgan fingerprint density at radius 2 is 2.14 bits per heavy atom. The van der Waals surface area contributed by atoms with Crippen molar-refractivity contribution in [1.82, 2.24) is 5.32 Å². The maximum absolute atomic E-state index is 8.49. The van der Waals surface area contributed by atoms with Crippen molar-refractivity contribution in [3.8, 4) is 0 Å². The summed E-state index contributed by atoms with van der Waals surface area (Å²) in [6.45, 7) is 2.43. The highest BCUT2D eigenvalue weighted by Crippen LogP contribution is 1.69. The molecule has 0 amide bonds. The molecule has 0 saturated carbocycles. The average Bonchev–Trinajstić information content (AvgIpc) is 1.35. The van der Waals surface area contributed by atoms with E-state index < -0.39 is 0 Å². The van der Waals surface area contributed by atoms with Crippen LogP contribution in [0.3, 0.4) is 0 Å². The van der Waals surface area contributed by atoms with Gasteiger partial charge in [-0.25, -0.2) is 0 Å². The molecule has 3 heteroatoms. The third-order valence-corrected chi connectivity index (χ3v) is 0.500. The van der Waals surface area contributed by atoms with E-state index in [2.05, 4.69) is 5.32 Å². The molecule has 0 fully saturated rings. The summed E-state index contributed by atoms with van der Waals surface area (Å²) in [6, 6.07) is 0. The van der Waals surface area contributed by atoms with Gasteiger partial charge in [-0.1, -0.05) is 0 Å². The summed E-state index contributed by atoms with van der Waals surface area (Å²) in [5, 5.41) is 11.3. The fourth-order valence-electron chi connectivity index (χ4n) is 0.295. The predicted octanol–water partition coefficient (Wildman–Crippen LogP) is 0.00840. The minimum absolute atomic E-state index is 0. The first-order valence-corrected chi connectivity index (χ1v) is 2.10. The molecular formula is C4H12ClNO. The van der Waals surface area contributed by atoms with Crippen LogP contribution >= 0.6 is 12.4 Å². The van der Waals surface area contributed by atoms with Crippen molar-refractivity contribution in [2.24, 2.45) is 0 Å². The third kappa shape index (κ3) is 10.7. The molecule has 0 aliphatic heterocycles. The second-order valence-electron chi connectivity index (χ2n) is 1.41. The lowest BCUT2D eigenvalue weighted by atomic mass is 10.4. The fourth-order valence-corrected chi connectivity index (χ4v) is 0.295. The Morgan fingerprint density at radius 3 is 2.14 bits per heavy atom. The van der Waals surface area contributed by atoms with Gasteiger partial charge in [0.15, 0.2) is 0 Å². The highest BCUT2D eigenvalue weighted by Gasteiger charge is 1.86. The van der Waals surface area contributed by atoms with Gasteiger partial charge in [0, 0.05) is 6.54 Å². The Morgan fingerprint density at radius 1 is 1.71 bits per heavy atom. The molecule has 0 aromatic rings. The number of likely N-dealkylation sites (N-methyl/N-ethyl adjacent to an activating group) is 1. The van der Waals surface area contributed by atoms with E-state index in [-0.39, 0.29) is 18.5 Å². The number of nitrogens with one attached hydrogen (secondary N) is 1. The van der Waals surface area contributed by atoms with Gasteiger partial charge in [0.1, 0.15) is 0 Å². The van der Waals surface area contributed by atoms with Crippen LogP contribution in [0, 0.1) is 0 Å². The normalized spacial score (nSPS) is 12.4. The van der Waals surface area contributed by atoms with Crippen molar-refractivity contribution in [1.29, 1.82) is 0 Å². The molecule has 0 aromatic carbocycles. The van der Waals surface area contributed by atoms with Crippen LogP contribution in [-0.2, 0) is 0 Å². The molecule has 0 rings (SSSR count). The van der Waals surface area contributed by atoms with Gasteiger partial charge in [0.2, 0.25) is 0 Å². The third-order valence-electron chi connectivity index (χ3n) is 0.500. The van der Waals surface area contributed by atoms with Crippen molar-refractivity contribution in [3.63, 3.8) is 0 Å². The second-order valence-corrected chi connectivity index (χ2v) is 1.41. The minimum Gasteiger partial charge on any atom is -0.392 e. The average molecular weight is 126 g/mol. The largest absolute Gasteiger partial charge is 0.392 e. The van der Waals surface area contributed by atoms with E-state index in [4.69, 9.17) is 5.11 Å². The topological polar surface area (TPSA) is 32.3 Å². The summed E-state index contributed by atoms with van der Waals surface area (Å²) in [5.74, 6) is 0. The first-order chi connectivity index (χ1) is 2.77. The Bertz CT molecular complexity index is 32.9. The van der Waals surface area contributed by atoms with Crippen LogP contribution in [0.1, 0.15) is 6.92 Å². The van der Waals surface area contributed by atoms with Crippen LogP contribution in [0.2, 0.25) is 0 Å². The van der Waals surface area contributed by atoms with Crippen molar-refractivity contribution >= 4 is 12.4 Å². The van der Waals surface area contributed by atoms with E-state index in [1.165, 1.54) is 0 Å². The first-order valence-electron chi connectivity index (χ1n) is 2.10. The molecule has 2 N–H and O–H groups in total. The molecule has 0 aliphatic rings. The van der Waals surface area contributed by atoms with E-state index >= 15 is 0 Å². The standard InChI is InChI=1S/C4H11NO.ClH/c1-4(6)3-5-2;/h4-6H,3H2,1-2H3;1H. The van der Waals surface area contributed by atoms with Crippen LogP contribution in [0.25, 0.3) is 0 Å². The molecule has 0 aliphatic carbocycles.